The monoisotopic (exact) mass is 123 g/mol. The second-order valence-corrected chi connectivity index (χ2v) is 2.79. The van der Waals surface area contributed by atoms with Gasteiger partial charge >= 0.3 is 0 Å². The Morgan fingerprint density at radius 3 is 2.44 bits per heavy atom. The van der Waals surface area contributed by atoms with Crippen LogP contribution < -0.4 is 5.32 Å². The predicted octanol–water partition coefficient (Wildman–Crippen LogP) is 0.144. The van der Waals surface area contributed by atoms with Gasteiger partial charge in [0.25, 0.3) is 0 Å². The lowest BCUT2D eigenvalue weighted by atomic mass is 9.77. The van der Waals surface area contributed by atoms with Gasteiger partial charge in [0.2, 0.25) is 5.91 Å². The minimum Gasteiger partial charge on any atom is -0.341 e. The molecule has 0 spiro atoms. The van der Waals surface area contributed by atoms with Gasteiger partial charge in [0.05, 0.1) is 5.41 Å². The van der Waals surface area contributed by atoms with Gasteiger partial charge in [0.15, 0.2) is 0 Å². The number of carbonyl (C=O) groups is 1. The van der Waals surface area contributed by atoms with Crippen LogP contribution >= 0.6 is 0 Å². The molecule has 1 unspecified atom stereocenters. The van der Waals surface area contributed by atoms with Crippen molar-refractivity contribution in [2.75, 3.05) is 0 Å². The third kappa shape index (κ3) is 0.613. The van der Waals surface area contributed by atoms with E-state index in [9.17, 15) is 4.79 Å². The first-order chi connectivity index (χ1) is 4.09. The summed E-state index contributed by atoms with van der Waals surface area (Å²) in [6.45, 7) is 3.69. The molecule has 48 valence electrons. The van der Waals surface area contributed by atoms with Crippen molar-refractivity contribution in [3.8, 4) is 12.3 Å². The van der Waals surface area contributed by atoms with Crippen molar-refractivity contribution in [3.63, 3.8) is 0 Å². The van der Waals surface area contributed by atoms with Gasteiger partial charge in [-0.15, -0.1) is 6.42 Å². The van der Waals surface area contributed by atoms with Gasteiger partial charge in [-0.1, -0.05) is 5.92 Å². The summed E-state index contributed by atoms with van der Waals surface area (Å²) in [6.07, 6.45) is 5.11. The molecular weight excluding hydrogens is 114 g/mol. The van der Waals surface area contributed by atoms with E-state index < -0.39 is 0 Å². The van der Waals surface area contributed by atoms with Crippen molar-refractivity contribution in [1.82, 2.24) is 5.32 Å². The fourth-order valence-corrected chi connectivity index (χ4v) is 0.801. The molecule has 1 aliphatic heterocycles. The lowest BCUT2D eigenvalue weighted by molar-refractivity contribution is -0.140. The quantitative estimate of drug-likeness (QED) is 0.360. The van der Waals surface area contributed by atoms with E-state index >= 15 is 0 Å². The third-order valence-electron chi connectivity index (χ3n) is 1.75. The Morgan fingerprint density at radius 2 is 2.33 bits per heavy atom. The van der Waals surface area contributed by atoms with Crippen LogP contribution in [0.15, 0.2) is 0 Å². The summed E-state index contributed by atoms with van der Waals surface area (Å²) >= 11 is 0. The SMILES string of the molecule is C#CC1NC(=O)C1(C)C. The van der Waals surface area contributed by atoms with Gasteiger partial charge < -0.3 is 5.32 Å². The number of amides is 1. The van der Waals surface area contributed by atoms with Crippen LogP contribution in [0.4, 0.5) is 0 Å². The zero-order valence-corrected chi connectivity index (χ0v) is 5.56. The van der Waals surface area contributed by atoms with Crippen LogP contribution in [0.1, 0.15) is 13.8 Å². The van der Waals surface area contributed by atoms with Gasteiger partial charge in [-0.05, 0) is 13.8 Å². The Bertz CT molecular complexity index is 188. The molecule has 1 saturated heterocycles. The number of hydrogen-bond acceptors (Lipinski definition) is 1. The molecule has 0 saturated carbocycles. The number of hydrogen-bond donors (Lipinski definition) is 1. The third-order valence-corrected chi connectivity index (χ3v) is 1.75. The molecule has 1 fully saturated rings. The molecule has 2 nitrogen and oxygen atoms in total. The molecule has 1 N–H and O–H groups in total. The van der Waals surface area contributed by atoms with E-state index in [-0.39, 0.29) is 17.4 Å². The van der Waals surface area contributed by atoms with Gasteiger partial charge in [-0.25, -0.2) is 0 Å². The average Bonchev–Trinajstić information content (AvgIpc) is 1.82. The van der Waals surface area contributed by atoms with Gasteiger partial charge in [-0.3, -0.25) is 4.79 Å². The minimum absolute atomic E-state index is 0.0467. The van der Waals surface area contributed by atoms with Crippen molar-refractivity contribution >= 4 is 5.91 Å². The van der Waals surface area contributed by atoms with Crippen LogP contribution in [0.3, 0.4) is 0 Å². The Labute approximate surface area is 54.6 Å². The van der Waals surface area contributed by atoms with E-state index in [2.05, 4.69) is 11.2 Å². The number of terminal acetylenes is 1. The summed E-state index contributed by atoms with van der Waals surface area (Å²) < 4.78 is 0. The van der Waals surface area contributed by atoms with Crippen molar-refractivity contribution in [3.05, 3.63) is 0 Å². The highest BCUT2D eigenvalue weighted by Gasteiger charge is 2.46. The highest BCUT2D eigenvalue weighted by Crippen LogP contribution is 2.28. The number of carbonyl (C=O) groups excluding carboxylic acids is 1. The van der Waals surface area contributed by atoms with Crippen molar-refractivity contribution < 1.29 is 4.79 Å². The molecule has 1 amide bonds. The molecule has 1 rings (SSSR count). The molecule has 0 aromatic rings. The molecule has 1 aliphatic rings. The fraction of sp³-hybridized carbons (Fsp3) is 0.571. The number of rotatable bonds is 0. The number of nitrogens with one attached hydrogen (secondary N) is 1. The number of β-lactam (4-membered cyclic amide) rings is 1. The van der Waals surface area contributed by atoms with E-state index in [4.69, 9.17) is 6.42 Å². The first kappa shape index (κ1) is 6.15. The van der Waals surface area contributed by atoms with Crippen LogP contribution in [-0.4, -0.2) is 11.9 Å². The maximum Gasteiger partial charge on any atom is 0.229 e. The van der Waals surface area contributed by atoms with Crippen LogP contribution in [0, 0.1) is 17.8 Å². The highest BCUT2D eigenvalue weighted by atomic mass is 16.2. The maximum absolute atomic E-state index is 10.7. The van der Waals surface area contributed by atoms with Crippen LogP contribution in [0.2, 0.25) is 0 Å². The molecule has 0 bridgehead atoms. The van der Waals surface area contributed by atoms with E-state index in [1.54, 1.807) is 0 Å². The minimum atomic E-state index is -0.339. The van der Waals surface area contributed by atoms with Gasteiger partial charge in [-0.2, -0.15) is 0 Å². The maximum atomic E-state index is 10.7. The second-order valence-electron chi connectivity index (χ2n) is 2.79. The Morgan fingerprint density at radius 1 is 1.78 bits per heavy atom. The summed E-state index contributed by atoms with van der Waals surface area (Å²) in [5, 5.41) is 2.61. The van der Waals surface area contributed by atoms with Crippen LogP contribution in [0.5, 0.6) is 0 Å². The van der Waals surface area contributed by atoms with Crippen molar-refractivity contribution in [1.29, 1.82) is 0 Å². The van der Waals surface area contributed by atoms with Gasteiger partial charge in [0, 0.05) is 0 Å². The Kier molecular flexibility index (Phi) is 1.03. The average molecular weight is 123 g/mol. The summed E-state index contributed by atoms with van der Waals surface area (Å²) in [5.41, 5.74) is -0.339. The lowest BCUT2D eigenvalue weighted by Crippen LogP contribution is -2.63. The standard InChI is InChI=1S/C7H9NO/c1-4-5-7(2,3)6(9)8-5/h1,5H,2-3H3,(H,8,9). The van der Waals surface area contributed by atoms with Crippen LogP contribution in [-0.2, 0) is 4.79 Å². The summed E-state index contributed by atoms with van der Waals surface area (Å²) in [6, 6.07) is -0.0648. The lowest BCUT2D eigenvalue weighted by Gasteiger charge is -2.40. The van der Waals surface area contributed by atoms with Gasteiger partial charge in [0.1, 0.15) is 6.04 Å². The zero-order valence-electron chi connectivity index (χ0n) is 5.56. The molecule has 1 atom stereocenters. The predicted molar refractivity (Wildman–Crippen MR) is 34.5 cm³/mol. The van der Waals surface area contributed by atoms with E-state index in [0.717, 1.165) is 0 Å². The second kappa shape index (κ2) is 1.51. The Hall–Kier alpha value is -0.970. The Balaban J connectivity index is 2.72. The molecule has 0 aliphatic carbocycles. The highest BCUT2D eigenvalue weighted by molar-refractivity contribution is 5.90. The fourth-order valence-electron chi connectivity index (χ4n) is 0.801. The first-order valence-corrected chi connectivity index (χ1v) is 2.86. The molecule has 0 aromatic heterocycles. The topological polar surface area (TPSA) is 29.1 Å². The van der Waals surface area contributed by atoms with Crippen molar-refractivity contribution in [2.45, 2.75) is 19.9 Å². The first-order valence-electron chi connectivity index (χ1n) is 2.86. The molecule has 9 heavy (non-hydrogen) atoms. The summed E-state index contributed by atoms with van der Waals surface area (Å²) in [5.74, 6) is 2.54. The van der Waals surface area contributed by atoms with Crippen LogP contribution in [0.25, 0.3) is 0 Å². The van der Waals surface area contributed by atoms with E-state index in [0.29, 0.717) is 0 Å². The van der Waals surface area contributed by atoms with Crippen molar-refractivity contribution in [2.24, 2.45) is 5.41 Å². The zero-order chi connectivity index (χ0) is 7.07. The van der Waals surface area contributed by atoms with E-state index in [1.165, 1.54) is 0 Å². The smallest absolute Gasteiger partial charge is 0.229 e. The normalized spacial score (nSPS) is 29.9. The summed E-state index contributed by atoms with van der Waals surface area (Å²) in [4.78, 5) is 10.7. The molecule has 2 heteroatoms. The molecular formula is C7H9NO. The molecule has 0 aromatic carbocycles. The molecule has 0 radical (unpaired) electrons. The van der Waals surface area contributed by atoms with E-state index in [1.807, 2.05) is 13.8 Å². The summed E-state index contributed by atoms with van der Waals surface area (Å²) in [7, 11) is 0. The molecule has 1 heterocycles. The largest absolute Gasteiger partial charge is 0.341 e.